The Bertz CT molecular complexity index is 189. The Morgan fingerprint density at radius 1 is 1.12 bits per heavy atom. The fourth-order valence-electron chi connectivity index (χ4n) is 1.14. The maximum Gasteiger partial charge on any atom is 0.325 e. The minimum Gasteiger partial charge on any atom is -0.468 e. The zero-order valence-electron chi connectivity index (χ0n) is 10.9. The lowest BCUT2D eigenvalue weighted by Crippen LogP contribution is -2.39. The van der Waals surface area contributed by atoms with Crippen LogP contribution in [-0.2, 0) is 23.7 Å². The number of methoxy groups -OCH3 is 2. The Kier molecular flexibility index (Phi) is 11.3. The van der Waals surface area contributed by atoms with Crippen LogP contribution in [-0.4, -0.2) is 66.3 Å². The summed E-state index contributed by atoms with van der Waals surface area (Å²) in [5.41, 5.74) is 0. The number of nitrogens with one attached hydrogen (secondary N) is 1. The highest BCUT2D eigenvalue weighted by molar-refractivity contribution is 5.75. The van der Waals surface area contributed by atoms with Crippen molar-refractivity contribution in [1.29, 1.82) is 0 Å². The molecule has 0 rings (SSSR count). The van der Waals surface area contributed by atoms with E-state index in [0.29, 0.717) is 26.4 Å². The predicted molar refractivity (Wildman–Crippen MR) is 63.0 cm³/mol. The number of ether oxygens (including phenoxy) is 4. The number of hydrogen-bond acceptors (Lipinski definition) is 6. The van der Waals surface area contributed by atoms with Gasteiger partial charge in [-0.2, -0.15) is 0 Å². The average Bonchev–Trinajstić information content (AvgIpc) is 2.36. The third-order valence-electron chi connectivity index (χ3n) is 2.13. The molecule has 0 spiro atoms. The van der Waals surface area contributed by atoms with Gasteiger partial charge in [0.15, 0.2) is 0 Å². The molecule has 17 heavy (non-hydrogen) atoms. The van der Waals surface area contributed by atoms with Crippen LogP contribution in [0.4, 0.5) is 0 Å². The minimum atomic E-state index is -0.423. The molecule has 0 amide bonds. The number of likely N-dealkylation sites (N-methyl/N-ethyl adjacent to an activating group) is 1. The number of carbonyl (C=O) groups excluding carboxylic acids is 1. The van der Waals surface area contributed by atoms with Crippen LogP contribution in [0, 0.1) is 0 Å². The van der Waals surface area contributed by atoms with Gasteiger partial charge in [0.25, 0.3) is 0 Å². The van der Waals surface area contributed by atoms with Gasteiger partial charge in [0, 0.05) is 20.3 Å². The standard InChI is InChI=1S/C11H23NO5/c1-12-10(11(13)15-3)9-17-8-7-16-6-4-5-14-2/h10,12H,4-9H2,1-3H3. The Hall–Kier alpha value is -0.690. The zero-order chi connectivity index (χ0) is 12.9. The second-order valence-corrected chi connectivity index (χ2v) is 3.40. The van der Waals surface area contributed by atoms with Gasteiger partial charge in [0.05, 0.1) is 26.9 Å². The molecule has 0 fully saturated rings. The van der Waals surface area contributed by atoms with Crippen molar-refractivity contribution in [3.8, 4) is 0 Å². The monoisotopic (exact) mass is 249 g/mol. The lowest BCUT2D eigenvalue weighted by molar-refractivity contribution is -0.144. The summed E-state index contributed by atoms with van der Waals surface area (Å²) in [6, 6.07) is -0.423. The molecule has 6 nitrogen and oxygen atoms in total. The third-order valence-corrected chi connectivity index (χ3v) is 2.13. The van der Waals surface area contributed by atoms with Crippen LogP contribution in [0.25, 0.3) is 0 Å². The summed E-state index contributed by atoms with van der Waals surface area (Å²) in [5, 5.41) is 2.81. The summed E-state index contributed by atoms with van der Waals surface area (Å²) in [4.78, 5) is 11.2. The maximum absolute atomic E-state index is 11.2. The molecule has 6 heteroatoms. The van der Waals surface area contributed by atoms with Gasteiger partial charge in [-0.05, 0) is 13.5 Å². The van der Waals surface area contributed by atoms with Gasteiger partial charge in [-0.25, -0.2) is 0 Å². The smallest absolute Gasteiger partial charge is 0.325 e. The van der Waals surface area contributed by atoms with E-state index in [1.165, 1.54) is 7.11 Å². The van der Waals surface area contributed by atoms with Crippen molar-refractivity contribution in [2.45, 2.75) is 12.5 Å². The molecule has 1 atom stereocenters. The Labute approximate surface area is 103 Å². The lowest BCUT2D eigenvalue weighted by atomic mass is 10.3. The van der Waals surface area contributed by atoms with Gasteiger partial charge in [0.1, 0.15) is 6.04 Å². The van der Waals surface area contributed by atoms with Crippen molar-refractivity contribution in [3.63, 3.8) is 0 Å². The molecule has 0 aliphatic rings. The largest absolute Gasteiger partial charge is 0.468 e. The SMILES string of the molecule is CNC(COCCOCCCOC)C(=O)OC. The van der Waals surface area contributed by atoms with Crippen molar-refractivity contribution < 1.29 is 23.7 Å². The van der Waals surface area contributed by atoms with Crippen LogP contribution >= 0.6 is 0 Å². The minimum absolute atomic E-state index is 0.282. The van der Waals surface area contributed by atoms with Crippen molar-refractivity contribution in [2.75, 3.05) is 54.3 Å². The topological polar surface area (TPSA) is 66.0 Å². The second-order valence-electron chi connectivity index (χ2n) is 3.40. The first kappa shape index (κ1) is 16.3. The summed E-state index contributed by atoms with van der Waals surface area (Å²) in [6.45, 7) is 2.61. The Morgan fingerprint density at radius 2 is 1.82 bits per heavy atom. The van der Waals surface area contributed by atoms with Gasteiger partial charge in [0.2, 0.25) is 0 Å². The van der Waals surface area contributed by atoms with Crippen molar-refractivity contribution >= 4 is 5.97 Å². The van der Waals surface area contributed by atoms with Crippen LogP contribution < -0.4 is 5.32 Å². The van der Waals surface area contributed by atoms with Gasteiger partial charge in [-0.1, -0.05) is 0 Å². The van der Waals surface area contributed by atoms with Crippen LogP contribution in [0.2, 0.25) is 0 Å². The third kappa shape index (κ3) is 9.05. The molecule has 0 aliphatic carbocycles. The predicted octanol–water partition coefficient (Wildman–Crippen LogP) is -0.183. The van der Waals surface area contributed by atoms with E-state index in [1.54, 1.807) is 14.2 Å². The van der Waals surface area contributed by atoms with Gasteiger partial charge in [-0.3, -0.25) is 4.79 Å². The molecule has 0 saturated heterocycles. The molecule has 1 unspecified atom stereocenters. The average molecular weight is 249 g/mol. The van der Waals surface area contributed by atoms with Crippen molar-refractivity contribution in [1.82, 2.24) is 5.32 Å². The highest BCUT2D eigenvalue weighted by atomic mass is 16.5. The molecule has 0 saturated carbocycles. The van der Waals surface area contributed by atoms with Gasteiger partial charge >= 0.3 is 5.97 Å². The molecule has 0 aliphatic heterocycles. The summed E-state index contributed by atoms with van der Waals surface area (Å²) >= 11 is 0. The van der Waals surface area contributed by atoms with E-state index in [0.717, 1.165) is 6.42 Å². The van der Waals surface area contributed by atoms with Crippen LogP contribution in [0.5, 0.6) is 0 Å². The quantitative estimate of drug-likeness (QED) is 0.405. The molecule has 0 bridgehead atoms. The lowest BCUT2D eigenvalue weighted by Gasteiger charge is -2.13. The molecule has 0 aromatic rings. The summed E-state index contributed by atoms with van der Waals surface area (Å²) in [7, 11) is 4.70. The van der Waals surface area contributed by atoms with Crippen molar-refractivity contribution in [3.05, 3.63) is 0 Å². The first-order chi connectivity index (χ1) is 8.26. The first-order valence-corrected chi connectivity index (χ1v) is 5.65. The van der Waals surface area contributed by atoms with Crippen molar-refractivity contribution in [2.24, 2.45) is 0 Å². The fraction of sp³-hybridized carbons (Fsp3) is 0.909. The van der Waals surface area contributed by atoms with E-state index in [-0.39, 0.29) is 12.6 Å². The maximum atomic E-state index is 11.2. The first-order valence-electron chi connectivity index (χ1n) is 5.65. The Balaban J connectivity index is 3.34. The van der Waals surface area contributed by atoms with E-state index < -0.39 is 6.04 Å². The van der Waals surface area contributed by atoms with Gasteiger partial charge < -0.3 is 24.3 Å². The van der Waals surface area contributed by atoms with Crippen LogP contribution in [0.3, 0.4) is 0 Å². The van der Waals surface area contributed by atoms with E-state index in [9.17, 15) is 4.79 Å². The molecule has 0 aromatic carbocycles. The second kappa shape index (κ2) is 11.8. The van der Waals surface area contributed by atoms with Gasteiger partial charge in [-0.15, -0.1) is 0 Å². The number of carbonyl (C=O) groups is 1. The van der Waals surface area contributed by atoms with Crippen LogP contribution in [0.1, 0.15) is 6.42 Å². The van der Waals surface area contributed by atoms with Crippen LogP contribution in [0.15, 0.2) is 0 Å². The fourth-order valence-corrected chi connectivity index (χ4v) is 1.14. The number of rotatable bonds is 11. The van der Waals surface area contributed by atoms with E-state index >= 15 is 0 Å². The zero-order valence-corrected chi connectivity index (χ0v) is 10.9. The summed E-state index contributed by atoms with van der Waals surface area (Å²) < 4.78 is 20.1. The van der Waals surface area contributed by atoms with E-state index in [2.05, 4.69) is 10.1 Å². The normalized spacial score (nSPS) is 12.4. The Morgan fingerprint density at radius 3 is 2.41 bits per heavy atom. The molecular formula is C11H23NO5. The summed E-state index contributed by atoms with van der Waals surface area (Å²) in [5.74, 6) is -0.325. The van der Waals surface area contributed by atoms with E-state index in [4.69, 9.17) is 14.2 Å². The molecule has 0 aromatic heterocycles. The molecule has 0 radical (unpaired) electrons. The highest BCUT2D eigenvalue weighted by Gasteiger charge is 2.16. The highest BCUT2D eigenvalue weighted by Crippen LogP contribution is 1.90. The molecule has 0 heterocycles. The van der Waals surface area contributed by atoms with E-state index in [1.807, 2.05) is 0 Å². The number of esters is 1. The molecular weight excluding hydrogens is 226 g/mol. The molecule has 1 N–H and O–H groups in total. The number of hydrogen-bond donors (Lipinski definition) is 1. The summed E-state index contributed by atoms with van der Waals surface area (Å²) in [6.07, 6.45) is 0.873. The molecule has 102 valence electrons.